The van der Waals surface area contributed by atoms with E-state index in [0.717, 1.165) is 38.5 Å². The summed E-state index contributed by atoms with van der Waals surface area (Å²) in [6.45, 7) is 4.86. The molecule has 0 rings (SSSR count). The summed E-state index contributed by atoms with van der Waals surface area (Å²) < 4.78 is 23.8. The van der Waals surface area contributed by atoms with E-state index in [1.807, 2.05) is 27.2 Å². The van der Waals surface area contributed by atoms with E-state index in [-0.39, 0.29) is 19.1 Å². The number of aliphatic hydroxyl groups is 1. The minimum atomic E-state index is -4.36. The number of quaternary nitrogens is 1. The largest absolute Gasteiger partial charge is 0.472 e. The summed E-state index contributed by atoms with van der Waals surface area (Å²) in [5.41, 5.74) is 0. The van der Waals surface area contributed by atoms with Crippen molar-refractivity contribution in [3.8, 4) is 0 Å². The van der Waals surface area contributed by atoms with E-state index in [1.165, 1.54) is 283 Å². The van der Waals surface area contributed by atoms with Gasteiger partial charge in [-0.15, -0.1) is 0 Å². The molecule has 0 aromatic carbocycles. The number of allylic oxidation sites excluding steroid dienone is 3. The van der Waals surface area contributed by atoms with Gasteiger partial charge in [0.05, 0.1) is 39.9 Å². The number of hydrogen-bond donors (Lipinski definition) is 3. The van der Waals surface area contributed by atoms with Crippen molar-refractivity contribution in [2.45, 2.75) is 353 Å². The Kier molecular flexibility index (Phi) is 56.9. The number of aliphatic hydroxyl groups excluding tert-OH is 1. The van der Waals surface area contributed by atoms with Gasteiger partial charge in [0.1, 0.15) is 13.2 Å². The number of phosphoric ester groups is 1. The van der Waals surface area contributed by atoms with Crippen molar-refractivity contribution in [2.24, 2.45) is 0 Å². The average molecular weight is 1080 g/mol. The van der Waals surface area contributed by atoms with Gasteiger partial charge in [-0.05, 0) is 32.1 Å². The topological polar surface area (TPSA) is 105 Å². The Bertz CT molecular complexity index is 1270. The lowest BCUT2D eigenvalue weighted by molar-refractivity contribution is -0.870. The number of hydrogen-bond acceptors (Lipinski definition) is 5. The molecule has 0 aromatic heterocycles. The van der Waals surface area contributed by atoms with Crippen LogP contribution in [0.15, 0.2) is 24.3 Å². The molecule has 1 amide bonds. The predicted molar refractivity (Wildman–Crippen MR) is 328 cm³/mol. The highest BCUT2D eigenvalue weighted by Crippen LogP contribution is 2.43. The summed E-state index contributed by atoms with van der Waals surface area (Å²) >= 11 is 0. The van der Waals surface area contributed by atoms with Gasteiger partial charge in [-0.2, -0.15) is 0 Å². The first-order valence-electron chi connectivity index (χ1n) is 33.2. The Labute approximate surface area is 468 Å². The van der Waals surface area contributed by atoms with E-state index < -0.39 is 20.0 Å². The van der Waals surface area contributed by atoms with E-state index in [0.29, 0.717) is 17.4 Å². The van der Waals surface area contributed by atoms with Crippen LogP contribution in [-0.2, 0) is 18.4 Å². The van der Waals surface area contributed by atoms with Crippen LogP contribution in [0.4, 0.5) is 0 Å². The molecule has 0 aliphatic rings. The molecule has 0 aliphatic carbocycles. The summed E-state index contributed by atoms with van der Waals surface area (Å²) in [5.74, 6) is -0.179. The van der Waals surface area contributed by atoms with Crippen molar-refractivity contribution in [2.75, 3.05) is 40.9 Å². The number of likely N-dealkylation sites (N-methyl/N-ethyl adjacent to an activating group) is 1. The van der Waals surface area contributed by atoms with Crippen molar-refractivity contribution in [1.29, 1.82) is 0 Å². The Morgan fingerprint density at radius 3 is 1.07 bits per heavy atom. The van der Waals surface area contributed by atoms with Crippen LogP contribution < -0.4 is 5.32 Å². The Morgan fingerprint density at radius 2 is 0.733 bits per heavy atom. The maximum absolute atomic E-state index is 13.0. The van der Waals surface area contributed by atoms with Gasteiger partial charge in [0, 0.05) is 6.42 Å². The molecule has 3 unspecified atom stereocenters. The monoisotopic (exact) mass is 1080 g/mol. The predicted octanol–water partition coefficient (Wildman–Crippen LogP) is 20.7. The quantitative estimate of drug-likeness (QED) is 0.0243. The van der Waals surface area contributed by atoms with Gasteiger partial charge in [0.25, 0.3) is 0 Å². The Morgan fingerprint density at radius 1 is 0.440 bits per heavy atom. The summed E-state index contributed by atoms with van der Waals surface area (Å²) in [6.07, 6.45) is 74.6. The number of amides is 1. The third-order valence-electron chi connectivity index (χ3n) is 15.4. The lowest BCUT2D eigenvalue weighted by atomic mass is 10.0. The smallest absolute Gasteiger partial charge is 0.387 e. The van der Waals surface area contributed by atoms with Crippen molar-refractivity contribution < 1.29 is 32.9 Å². The Balaban J connectivity index is 4.10. The molecule has 0 radical (unpaired) electrons. The van der Waals surface area contributed by atoms with Crippen molar-refractivity contribution >= 4 is 13.7 Å². The zero-order valence-corrected chi connectivity index (χ0v) is 52.0. The molecule has 0 aromatic rings. The first-order chi connectivity index (χ1) is 36.5. The molecule has 0 saturated heterocycles. The van der Waals surface area contributed by atoms with Gasteiger partial charge in [0.15, 0.2) is 0 Å². The molecule has 3 N–H and O–H groups in total. The molecule has 8 nitrogen and oxygen atoms in total. The SMILES string of the molecule is CCCCCCCCCCCCCCCCCCCCCCCCCCC/C=C/CC/C=C/C(O)C(COP(=O)(O)OCC[N+](C)(C)C)NC(=O)CCCCCCCCCCCCCCCCCCCCCCCC. The minimum Gasteiger partial charge on any atom is -0.387 e. The summed E-state index contributed by atoms with van der Waals surface area (Å²) in [4.78, 5) is 23.4. The lowest BCUT2D eigenvalue weighted by Crippen LogP contribution is -2.45. The third kappa shape index (κ3) is 60.5. The average Bonchev–Trinajstić information content (AvgIpc) is 3.37. The van der Waals surface area contributed by atoms with Gasteiger partial charge in [0.2, 0.25) is 5.91 Å². The number of nitrogens with one attached hydrogen (secondary N) is 1. The maximum atomic E-state index is 13.0. The molecule has 0 aliphatic heterocycles. The number of phosphoric acid groups is 1. The van der Waals surface area contributed by atoms with Crippen LogP contribution in [0.3, 0.4) is 0 Å². The fourth-order valence-electron chi connectivity index (χ4n) is 10.2. The third-order valence-corrected chi connectivity index (χ3v) is 16.4. The van der Waals surface area contributed by atoms with Crippen LogP contribution in [0.5, 0.6) is 0 Å². The van der Waals surface area contributed by atoms with E-state index in [1.54, 1.807) is 6.08 Å². The highest BCUT2D eigenvalue weighted by atomic mass is 31.2. The number of carbonyl (C=O) groups is 1. The molecule has 9 heteroatoms. The standard InChI is InChI=1S/C66H131N2O6P/c1-6-8-10-12-14-16-18-20-22-24-26-28-30-31-32-33-34-35-36-37-38-39-41-43-45-47-49-51-53-55-57-59-65(69)64(63-74-75(71,72)73-62-61-68(3,4)5)67-66(70)60-58-56-54-52-50-48-46-44-42-40-29-27-25-23-21-19-17-15-13-11-9-7-2/h49,51,57,59,64-65,69H,6-48,50,52-56,58,60-63H2,1-5H3,(H-,67,70,71,72)/p+1/b51-49+,59-57+. The van der Waals surface area contributed by atoms with E-state index >= 15 is 0 Å². The second kappa shape index (κ2) is 57.7. The molecule has 3 atom stereocenters. The number of unbranched alkanes of at least 4 members (excludes halogenated alkanes) is 47. The second-order valence-corrected chi connectivity index (χ2v) is 25.7. The number of nitrogens with zero attached hydrogens (tertiary/aromatic N) is 1. The molecule has 75 heavy (non-hydrogen) atoms. The summed E-state index contributed by atoms with van der Waals surface area (Å²) in [5, 5.41) is 14.0. The lowest BCUT2D eigenvalue weighted by Gasteiger charge is -2.25. The first kappa shape index (κ1) is 74.0. The van der Waals surface area contributed by atoms with Crippen LogP contribution in [0.25, 0.3) is 0 Å². The molecular weight excluding hydrogens is 948 g/mol. The normalized spacial score (nSPS) is 13.9. The second-order valence-electron chi connectivity index (χ2n) is 24.2. The molecule has 0 spiro atoms. The molecule has 446 valence electrons. The fourth-order valence-corrected chi connectivity index (χ4v) is 11.0. The molecular formula is C66H132N2O6P+. The molecule has 0 fully saturated rings. The van der Waals surface area contributed by atoms with Gasteiger partial charge >= 0.3 is 7.82 Å². The van der Waals surface area contributed by atoms with Crippen LogP contribution in [0.1, 0.15) is 341 Å². The zero-order chi connectivity index (χ0) is 54.9. The highest BCUT2D eigenvalue weighted by molar-refractivity contribution is 7.47. The molecule has 0 heterocycles. The Hall–Kier alpha value is -1.02. The summed E-state index contributed by atoms with van der Waals surface area (Å²) in [6, 6.07) is -0.861. The van der Waals surface area contributed by atoms with Crippen molar-refractivity contribution in [1.82, 2.24) is 5.32 Å². The van der Waals surface area contributed by atoms with Crippen molar-refractivity contribution in [3.63, 3.8) is 0 Å². The van der Waals surface area contributed by atoms with Gasteiger partial charge in [-0.1, -0.05) is 327 Å². The zero-order valence-electron chi connectivity index (χ0n) is 51.1. The van der Waals surface area contributed by atoms with Gasteiger partial charge in [-0.3, -0.25) is 13.8 Å². The molecule has 0 bridgehead atoms. The number of rotatable bonds is 62. The number of carbonyl (C=O) groups excluding carboxylic acids is 1. The highest BCUT2D eigenvalue weighted by Gasteiger charge is 2.28. The van der Waals surface area contributed by atoms with E-state index in [4.69, 9.17) is 9.05 Å². The first-order valence-corrected chi connectivity index (χ1v) is 34.7. The van der Waals surface area contributed by atoms with Gasteiger partial charge in [-0.25, -0.2) is 4.57 Å². The summed E-state index contributed by atoms with van der Waals surface area (Å²) in [7, 11) is 1.57. The van der Waals surface area contributed by atoms with Crippen LogP contribution >= 0.6 is 7.82 Å². The maximum Gasteiger partial charge on any atom is 0.472 e. The molecule has 0 saturated carbocycles. The van der Waals surface area contributed by atoms with Crippen LogP contribution in [0, 0.1) is 0 Å². The van der Waals surface area contributed by atoms with Crippen LogP contribution in [-0.4, -0.2) is 73.4 Å². The fraction of sp³-hybridized carbons (Fsp3) is 0.924. The van der Waals surface area contributed by atoms with E-state index in [9.17, 15) is 19.4 Å². The minimum absolute atomic E-state index is 0.0590. The van der Waals surface area contributed by atoms with Gasteiger partial charge < -0.3 is 19.8 Å². The van der Waals surface area contributed by atoms with Crippen molar-refractivity contribution in [3.05, 3.63) is 24.3 Å². The van der Waals surface area contributed by atoms with Crippen LogP contribution in [0.2, 0.25) is 0 Å². The van der Waals surface area contributed by atoms with E-state index in [2.05, 4.69) is 31.3 Å².